The molecule has 8 heavy (non-hydrogen) atoms. The third kappa shape index (κ3) is 5.69. The first-order chi connectivity index (χ1) is 3.56. The predicted octanol–water partition coefficient (Wildman–Crippen LogP) is 1.24. The summed E-state index contributed by atoms with van der Waals surface area (Å²) in [6.45, 7) is 3.45. The summed E-state index contributed by atoms with van der Waals surface area (Å²) >= 11 is 0. The van der Waals surface area contributed by atoms with Crippen molar-refractivity contribution in [3.63, 3.8) is 0 Å². The molecule has 0 saturated carbocycles. The van der Waals surface area contributed by atoms with Gasteiger partial charge < -0.3 is 0 Å². The maximum Gasteiger partial charge on any atom is 0.0415 e. The van der Waals surface area contributed by atoms with Gasteiger partial charge in [-0.25, -0.2) is 0 Å². The standard InChI is InChI=1S/C5H11NOS/c1-3-4-5-8(2,6)7/h3,6H,1,4-5H2,2H3/t8-/m0/s1. The van der Waals surface area contributed by atoms with E-state index in [1.165, 1.54) is 6.26 Å². The summed E-state index contributed by atoms with van der Waals surface area (Å²) in [4.78, 5) is 0. The third-order valence-electron chi connectivity index (χ3n) is 0.711. The molecule has 0 aliphatic carbocycles. The summed E-state index contributed by atoms with van der Waals surface area (Å²) in [6, 6.07) is 0. The largest absolute Gasteiger partial charge is 0.253 e. The zero-order chi connectivity index (χ0) is 6.62. The van der Waals surface area contributed by atoms with Crippen molar-refractivity contribution in [2.45, 2.75) is 6.42 Å². The molecule has 0 fully saturated rings. The minimum Gasteiger partial charge on any atom is -0.253 e. The van der Waals surface area contributed by atoms with Crippen molar-refractivity contribution in [1.29, 1.82) is 4.78 Å². The molecule has 0 radical (unpaired) electrons. The summed E-state index contributed by atoms with van der Waals surface area (Å²) in [5.41, 5.74) is 0. The van der Waals surface area contributed by atoms with Crippen LogP contribution in [0, 0.1) is 4.78 Å². The van der Waals surface area contributed by atoms with Crippen LogP contribution in [-0.2, 0) is 9.73 Å². The molecule has 0 rings (SSSR count). The second-order valence-corrected chi connectivity index (χ2v) is 4.20. The highest BCUT2D eigenvalue weighted by Crippen LogP contribution is 1.88. The molecular formula is C5H11NOS. The summed E-state index contributed by atoms with van der Waals surface area (Å²) in [7, 11) is -2.26. The average Bonchev–Trinajstić information content (AvgIpc) is 1.59. The van der Waals surface area contributed by atoms with Crippen LogP contribution in [0.25, 0.3) is 0 Å². The minimum absolute atomic E-state index is 0.441. The summed E-state index contributed by atoms with van der Waals surface area (Å²) in [6.07, 6.45) is 3.80. The summed E-state index contributed by atoms with van der Waals surface area (Å²) in [5.74, 6) is 0.441. The maximum atomic E-state index is 10.6. The van der Waals surface area contributed by atoms with Crippen LogP contribution in [0.4, 0.5) is 0 Å². The molecule has 0 aromatic rings. The fraction of sp³-hybridized carbons (Fsp3) is 0.600. The molecular weight excluding hydrogens is 122 g/mol. The van der Waals surface area contributed by atoms with Gasteiger partial charge in [-0.1, -0.05) is 6.08 Å². The van der Waals surface area contributed by atoms with E-state index in [4.69, 9.17) is 4.78 Å². The summed E-state index contributed by atoms with van der Waals surface area (Å²) < 4.78 is 17.5. The molecule has 1 N–H and O–H groups in total. The molecule has 0 heterocycles. The first kappa shape index (κ1) is 7.69. The molecule has 3 heteroatoms. The predicted molar refractivity (Wildman–Crippen MR) is 36.5 cm³/mol. The van der Waals surface area contributed by atoms with E-state index in [0.29, 0.717) is 12.2 Å². The monoisotopic (exact) mass is 133 g/mol. The second-order valence-electron chi connectivity index (χ2n) is 1.79. The van der Waals surface area contributed by atoms with Crippen molar-refractivity contribution < 1.29 is 4.21 Å². The van der Waals surface area contributed by atoms with Gasteiger partial charge in [0.25, 0.3) is 0 Å². The van der Waals surface area contributed by atoms with Gasteiger partial charge in [-0.2, -0.15) is 0 Å². The second kappa shape index (κ2) is 2.87. The lowest BCUT2D eigenvalue weighted by Crippen LogP contribution is -1.98. The van der Waals surface area contributed by atoms with Crippen molar-refractivity contribution >= 4 is 9.73 Å². The molecule has 1 atom stereocenters. The van der Waals surface area contributed by atoms with E-state index in [0.717, 1.165) is 0 Å². The van der Waals surface area contributed by atoms with Gasteiger partial charge in [0.1, 0.15) is 0 Å². The van der Waals surface area contributed by atoms with Crippen LogP contribution in [0.2, 0.25) is 0 Å². The van der Waals surface area contributed by atoms with Gasteiger partial charge in [-0.15, -0.1) is 6.58 Å². The fourth-order valence-corrected chi connectivity index (χ4v) is 0.925. The topological polar surface area (TPSA) is 40.9 Å². The number of nitrogens with one attached hydrogen (secondary N) is 1. The summed E-state index contributed by atoms with van der Waals surface area (Å²) in [5, 5.41) is 0. The lowest BCUT2D eigenvalue weighted by molar-refractivity contribution is 0.678. The van der Waals surface area contributed by atoms with Gasteiger partial charge in [0.2, 0.25) is 0 Å². The third-order valence-corrected chi connectivity index (χ3v) is 1.73. The molecule has 0 aromatic heterocycles. The van der Waals surface area contributed by atoms with E-state index in [1.54, 1.807) is 6.08 Å². The number of hydrogen-bond acceptors (Lipinski definition) is 2. The number of hydrogen-bond donors (Lipinski definition) is 1. The van der Waals surface area contributed by atoms with Gasteiger partial charge in [0.15, 0.2) is 0 Å². The van der Waals surface area contributed by atoms with E-state index in [-0.39, 0.29) is 0 Å². The molecule has 2 nitrogen and oxygen atoms in total. The number of allylic oxidation sites excluding steroid dienone is 1. The molecule has 0 aliphatic heterocycles. The van der Waals surface area contributed by atoms with Crippen molar-refractivity contribution in [2.24, 2.45) is 0 Å². The minimum atomic E-state index is -2.26. The Hall–Kier alpha value is -0.310. The Labute approximate surface area is 50.6 Å². The van der Waals surface area contributed by atoms with Crippen molar-refractivity contribution in [2.75, 3.05) is 12.0 Å². The highest BCUT2D eigenvalue weighted by molar-refractivity contribution is 7.91. The molecule has 0 saturated heterocycles. The number of rotatable bonds is 3. The van der Waals surface area contributed by atoms with Crippen LogP contribution in [0.5, 0.6) is 0 Å². The Morgan fingerprint density at radius 2 is 2.38 bits per heavy atom. The Balaban J connectivity index is 3.57. The van der Waals surface area contributed by atoms with Gasteiger partial charge in [-0.3, -0.25) is 8.99 Å². The van der Waals surface area contributed by atoms with Crippen LogP contribution in [0.3, 0.4) is 0 Å². The Bertz CT molecular complexity index is 157. The lowest BCUT2D eigenvalue weighted by Gasteiger charge is -1.92. The molecule has 0 spiro atoms. The van der Waals surface area contributed by atoms with Crippen LogP contribution in [0.1, 0.15) is 6.42 Å². The molecule has 0 aromatic carbocycles. The lowest BCUT2D eigenvalue weighted by atomic mass is 10.5. The molecule has 48 valence electrons. The Morgan fingerprint density at radius 1 is 1.88 bits per heavy atom. The Kier molecular flexibility index (Phi) is 2.76. The van der Waals surface area contributed by atoms with Crippen LogP contribution in [0.15, 0.2) is 12.7 Å². The van der Waals surface area contributed by atoms with E-state index < -0.39 is 9.73 Å². The van der Waals surface area contributed by atoms with Crippen molar-refractivity contribution in [1.82, 2.24) is 0 Å². The molecule has 0 bridgehead atoms. The average molecular weight is 133 g/mol. The van der Waals surface area contributed by atoms with Crippen molar-refractivity contribution in [3.8, 4) is 0 Å². The zero-order valence-electron chi connectivity index (χ0n) is 5.02. The van der Waals surface area contributed by atoms with Gasteiger partial charge in [0.05, 0.1) is 0 Å². The molecule has 0 amide bonds. The van der Waals surface area contributed by atoms with E-state index >= 15 is 0 Å². The first-order valence-corrected chi connectivity index (χ1v) is 4.52. The normalized spacial score (nSPS) is 17.1. The van der Waals surface area contributed by atoms with Gasteiger partial charge >= 0.3 is 0 Å². The molecule has 0 unspecified atom stereocenters. The van der Waals surface area contributed by atoms with Crippen molar-refractivity contribution in [3.05, 3.63) is 12.7 Å². The Morgan fingerprint density at radius 3 is 2.50 bits per heavy atom. The van der Waals surface area contributed by atoms with E-state index in [2.05, 4.69) is 6.58 Å². The highest BCUT2D eigenvalue weighted by Gasteiger charge is 1.91. The molecule has 0 aliphatic rings. The van der Waals surface area contributed by atoms with Crippen LogP contribution < -0.4 is 0 Å². The first-order valence-electron chi connectivity index (χ1n) is 2.38. The van der Waals surface area contributed by atoms with Crippen LogP contribution >= 0.6 is 0 Å². The smallest absolute Gasteiger partial charge is 0.0415 e. The maximum absolute atomic E-state index is 10.6. The fourth-order valence-electron chi connectivity index (χ4n) is 0.308. The van der Waals surface area contributed by atoms with Gasteiger partial charge in [0, 0.05) is 21.7 Å². The highest BCUT2D eigenvalue weighted by atomic mass is 32.2. The van der Waals surface area contributed by atoms with E-state index in [1.807, 2.05) is 0 Å². The van der Waals surface area contributed by atoms with Crippen LogP contribution in [-0.4, -0.2) is 16.2 Å². The quantitative estimate of drug-likeness (QED) is 0.578. The van der Waals surface area contributed by atoms with E-state index in [9.17, 15) is 4.21 Å². The SMILES string of the molecule is C=CCC[S@@](C)(=N)=O. The zero-order valence-corrected chi connectivity index (χ0v) is 5.83. The van der Waals surface area contributed by atoms with Gasteiger partial charge in [-0.05, 0) is 6.42 Å².